The van der Waals surface area contributed by atoms with Crippen LogP contribution in [-0.4, -0.2) is 33.3 Å². The molecule has 1 aromatic carbocycles. The van der Waals surface area contributed by atoms with Gasteiger partial charge in [0.15, 0.2) is 4.80 Å². The molecule has 24 heavy (non-hydrogen) atoms. The highest BCUT2D eigenvalue weighted by atomic mass is 32.1. The van der Waals surface area contributed by atoms with Gasteiger partial charge in [-0.2, -0.15) is 10.1 Å². The van der Waals surface area contributed by atoms with Gasteiger partial charge in [-0.1, -0.05) is 23.5 Å². The van der Waals surface area contributed by atoms with Crippen LogP contribution in [0.4, 0.5) is 0 Å². The Kier molecular flexibility index (Phi) is 4.57. The average Bonchev–Trinajstić information content (AvgIpc) is 3.20. The first-order valence-corrected chi connectivity index (χ1v) is 8.21. The molecule has 0 radical (unpaired) electrons. The van der Waals surface area contributed by atoms with Crippen molar-refractivity contribution < 1.29 is 14.3 Å². The fourth-order valence-electron chi connectivity index (χ4n) is 2.36. The van der Waals surface area contributed by atoms with E-state index in [2.05, 4.69) is 10.1 Å². The van der Waals surface area contributed by atoms with Gasteiger partial charge in [0.2, 0.25) is 0 Å². The Balaban J connectivity index is 2.12. The van der Waals surface area contributed by atoms with Gasteiger partial charge in [-0.15, -0.1) is 0 Å². The monoisotopic (exact) mass is 344 g/mol. The smallest absolute Gasteiger partial charge is 0.325 e. The van der Waals surface area contributed by atoms with Crippen molar-refractivity contribution in [1.82, 2.24) is 14.3 Å². The normalized spacial score (nSPS) is 11.8. The third-order valence-electron chi connectivity index (χ3n) is 3.54. The lowest BCUT2D eigenvalue weighted by atomic mass is 10.3. The molecule has 2 heterocycles. The van der Waals surface area contributed by atoms with E-state index in [4.69, 9.17) is 4.74 Å². The Labute approximate surface area is 141 Å². The minimum absolute atomic E-state index is 0.000331. The van der Waals surface area contributed by atoms with Gasteiger partial charge >= 0.3 is 5.97 Å². The van der Waals surface area contributed by atoms with E-state index < -0.39 is 5.97 Å². The third-order valence-corrected chi connectivity index (χ3v) is 4.59. The Hall–Kier alpha value is -2.74. The lowest BCUT2D eigenvalue weighted by Crippen LogP contribution is -2.23. The molecule has 0 N–H and O–H groups in total. The summed E-state index contributed by atoms with van der Waals surface area (Å²) in [6.45, 7) is 2.48. The number of carbonyl (C=O) groups is 2. The number of aryl methyl sites for hydroxylation is 1. The Morgan fingerprint density at radius 1 is 1.29 bits per heavy atom. The second kappa shape index (κ2) is 6.79. The molecule has 0 unspecified atom stereocenters. The molecule has 0 saturated carbocycles. The van der Waals surface area contributed by atoms with Crippen LogP contribution in [0.2, 0.25) is 0 Å². The van der Waals surface area contributed by atoms with Gasteiger partial charge in [-0.3, -0.25) is 14.3 Å². The maximum Gasteiger partial charge on any atom is 0.325 e. The summed E-state index contributed by atoms with van der Waals surface area (Å²) in [5.74, 6) is -0.787. The highest BCUT2D eigenvalue weighted by Gasteiger charge is 2.14. The van der Waals surface area contributed by atoms with Gasteiger partial charge in [0.25, 0.3) is 5.91 Å². The largest absolute Gasteiger partial charge is 0.468 e. The number of ether oxygens (including phenoxy) is 1. The lowest BCUT2D eigenvalue weighted by molar-refractivity contribution is -0.141. The molecule has 124 valence electrons. The summed E-state index contributed by atoms with van der Waals surface area (Å²) in [5, 5.41) is 4.08. The number of hydrogen-bond donors (Lipinski definition) is 0. The standard InChI is InChI=1S/C16H16N4O3S/c1-3-20-12(8-9-17-20)15(22)18-16-19(10-14(21)23-2)11-6-4-5-7-13(11)24-16/h4-9H,3,10H2,1-2H3. The van der Waals surface area contributed by atoms with Crippen LogP contribution in [-0.2, 0) is 22.6 Å². The molecule has 3 aromatic rings. The van der Waals surface area contributed by atoms with Crippen LogP contribution in [0.3, 0.4) is 0 Å². The predicted molar refractivity (Wildman–Crippen MR) is 89.6 cm³/mol. The van der Waals surface area contributed by atoms with Crippen LogP contribution >= 0.6 is 11.3 Å². The van der Waals surface area contributed by atoms with Crippen molar-refractivity contribution in [2.75, 3.05) is 7.11 Å². The van der Waals surface area contributed by atoms with E-state index in [0.717, 1.165) is 10.2 Å². The zero-order valence-electron chi connectivity index (χ0n) is 13.3. The van der Waals surface area contributed by atoms with Crippen LogP contribution in [0.15, 0.2) is 41.5 Å². The summed E-state index contributed by atoms with van der Waals surface area (Å²) in [6.07, 6.45) is 1.57. The zero-order valence-corrected chi connectivity index (χ0v) is 14.1. The van der Waals surface area contributed by atoms with Crippen LogP contribution in [0.1, 0.15) is 17.4 Å². The second-order valence-electron chi connectivity index (χ2n) is 4.96. The van der Waals surface area contributed by atoms with Gasteiger partial charge in [0.1, 0.15) is 12.2 Å². The summed E-state index contributed by atoms with van der Waals surface area (Å²) in [5.41, 5.74) is 1.25. The van der Waals surface area contributed by atoms with Crippen molar-refractivity contribution in [2.24, 2.45) is 4.99 Å². The molecule has 7 nitrogen and oxygen atoms in total. The van der Waals surface area contributed by atoms with Crippen LogP contribution < -0.4 is 4.80 Å². The highest BCUT2D eigenvalue weighted by molar-refractivity contribution is 7.16. The lowest BCUT2D eigenvalue weighted by Gasteiger charge is -2.03. The molecule has 0 atom stereocenters. The number of para-hydroxylation sites is 1. The van der Waals surface area contributed by atoms with Gasteiger partial charge in [0.05, 0.1) is 17.3 Å². The molecule has 2 aromatic heterocycles. The predicted octanol–water partition coefficient (Wildman–Crippen LogP) is 1.83. The van der Waals surface area contributed by atoms with Gasteiger partial charge in [-0.05, 0) is 25.1 Å². The number of benzene rings is 1. The van der Waals surface area contributed by atoms with Gasteiger partial charge in [-0.25, -0.2) is 0 Å². The molecular formula is C16H16N4O3S. The number of nitrogens with zero attached hydrogens (tertiary/aromatic N) is 4. The zero-order chi connectivity index (χ0) is 17.1. The van der Waals surface area contributed by atoms with E-state index in [1.54, 1.807) is 21.5 Å². The van der Waals surface area contributed by atoms with Crippen molar-refractivity contribution >= 4 is 33.4 Å². The summed E-state index contributed by atoms with van der Waals surface area (Å²) >= 11 is 1.35. The first-order chi connectivity index (χ1) is 11.6. The van der Waals surface area contributed by atoms with Crippen molar-refractivity contribution in [3.63, 3.8) is 0 Å². The molecule has 8 heteroatoms. The fourth-order valence-corrected chi connectivity index (χ4v) is 3.39. The number of rotatable bonds is 4. The van der Waals surface area contributed by atoms with E-state index in [1.165, 1.54) is 18.4 Å². The van der Waals surface area contributed by atoms with E-state index >= 15 is 0 Å². The number of esters is 1. The number of aromatic nitrogens is 3. The molecule has 1 amide bonds. The van der Waals surface area contributed by atoms with Crippen molar-refractivity contribution in [2.45, 2.75) is 20.0 Å². The Morgan fingerprint density at radius 2 is 2.08 bits per heavy atom. The Bertz CT molecular complexity index is 967. The molecular weight excluding hydrogens is 328 g/mol. The SMILES string of the molecule is CCn1nccc1C(=O)N=c1sc2ccccc2n1CC(=O)OC. The number of hydrogen-bond acceptors (Lipinski definition) is 5. The summed E-state index contributed by atoms with van der Waals surface area (Å²) in [4.78, 5) is 28.9. The quantitative estimate of drug-likeness (QED) is 0.677. The summed E-state index contributed by atoms with van der Waals surface area (Å²) in [7, 11) is 1.33. The van der Waals surface area contributed by atoms with E-state index in [1.807, 2.05) is 31.2 Å². The molecule has 3 rings (SSSR count). The number of thiazole rings is 1. The number of amides is 1. The topological polar surface area (TPSA) is 78.5 Å². The first-order valence-electron chi connectivity index (χ1n) is 7.40. The molecule has 0 aliphatic heterocycles. The molecule has 0 fully saturated rings. The number of carbonyl (C=O) groups excluding carboxylic acids is 2. The van der Waals surface area contributed by atoms with Gasteiger partial charge in [0, 0.05) is 12.7 Å². The molecule has 0 saturated heterocycles. The number of fused-ring (bicyclic) bond motifs is 1. The minimum Gasteiger partial charge on any atom is -0.468 e. The maximum absolute atomic E-state index is 12.5. The minimum atomic E-state index is -0.397. The summed E-state index contributed by atoms with van der Waals surface area (Å²) in [6, 6.07) is 9.22. The van der Waals surface area contributed by atoms with Crippen molar-refractivity contribution in [1.29, 1.82) is 0 Å². The second-order valence-corrected chi connectivity index (χ2v) is 5.97. The van der Waals surface area contributed by atoms with Crippen molar-refractivity contribution in [3.8, 4) is 0 Å². The van der Waals surface area contributed by atoms with Crippen LogP contribution in [0, 0.1) is 0 Å². The van der Waals surface area contributed by atoms with E-state index in [-0.39, 0.29) is 12.5 Å². The van der Waals surface area contributed by atoms with Crippen molar-refractivity contribution in [3.05, 3.63) is 47.0 Å². The van der Waals surface area contributed by atoms with E-state index in [9.17, 15) is 9.59 Å². The molecule has 0 aliphatic rings. The third kappa shape index (κ3) is 3.00. The van der Waals surface area contributed by atoms with Crippen LogP contribution in [0.25, 0.3) is 10.2 Å². The fraction of sp³-hybridized carbons (Fsp3) is 0.250. The van der Waals surface area contributed by atoms with E-state index in [0.29, 0.717) is 17.0 Å². The van der Waals surface area contributed by atoms with Gasteiger partial charge < -0.3 is 9.30 Å². The number of methoxy groups -OCH3 is 1. The highest BCUT2D eigenvalue weighted by Crippen LogP contribution is 2.17. The average molecular weight is 344 g/mol. The molecule has 0 spiro atoms. The van der Waals surface area contributed by atoms with Crippen LogP contribution in [0.5, 0.6) is 0 Å². The molecule has 0 aliphatic carbocycles. The summed E-state index contributed by atoms with van der Waals surface area (Å²) < 4.78 is 8.96. The Morgan fingerprint density at radius 3 is 2.83 bits per heavy atom. The maximum atomic E-state index is 12.5. The first kappa shape index (κ1) is 16.1. The molecule has 0 bridgehead atoms.